The van der Waals surface area contributed by atoms with E-state index in [4.69, 9.17) is 10.0 Å². The summed E-state index contributed by atoms with van der Waals surface area (Å²) in [7, 11) is -1.52. The van der Waals surface area contributed by atoms with Crippen molar-refractivity contribution in [2.45, 2.75) is 45.4 Å². The summed E-state index contributed by atoms with van der Waals surface area (Å²) < 4.78 is 0. The molecule has 0 aliphatic heterocycles. The van der Waals surface area contributed by atoms with Crippen LogP contribution >= 0.6 is 0 Å². The van der Waals surface area contributed by atoms with Crippen LogP contribution in [0.4, 0.5) is 0 Å². The molecule has 5 heteroatoms. The highest BCUT2D eigenvalue weighted by Gasteiger charge is 2.12. The molecule has 0 saturated heterocycles. The first-order valence-corrected chi connectivity index (χ1v) is 5.91. The summed E-state index contributed by atoms with van der Waals surface area (Å²) >= 11 is 0. The largest absolute Gasteiger partial charge is 0.509 e. The molecule has 0 aliphatic carbocycles. The summed E-state index contributed by atoms with van der Waals surface area (Å²) in [4.78, 5) is 8.07. The fourth-order valence-corrected chi connectivity index (χ4v) is 1.54. The lowest BCUT2D eigenvalue weighted by Crippen LogP contribution is -2.33. The normalized spacial score (nSPS) is 10.4. The zero-order chi connectivity index (χ0) is 11.8. The van der Waals surface area contributed by atoms with Crippen LogP contribution < -0.4 is 5.59 Å². The van der Waals surface area contributed by atoms with Crippen molar-refractivity contribution in [3.8, 4) is 0 Å². The molecule has 88 valence electrons. The number of nitrogens with zero attached hydrogens (tertiary/aromatic N) is 2. The molecule has 4 nitrogen and oxygen atoms in total. The Bertz CT molecular complexity index is 291. The van der Waals surface area contributed by atoms with E-state index in [0.29, 0.717) is 0 Å². The fourth-order valence-electron chi connectivity index (χ4n) is 1.54. The van der Waals surface area contributed by atoms with Gasteiger partial charge in [-0.05, 0) is 12.8 Å². The Labute approximate surface area is 96.9 Å². The van der Waals surface area contributed by atoms with E-state index in [0.717, 1.165) is 18.5 Å². The van der Waals surface area contributed by atoms with Gasteiger partial charge in [0.1, 0.15) is 0 Å². The fraction of sp³-hybridized carbons (Fsp3) is 0.636. The maximum absolute atomic E-state index is 8.84. The average molecular weight is 222 g/mol. The topological polar surface area (TPSA) is 66.2 Å². The van der Waals surface area contributed by atoms with Crippen molar-refractivity contribution in [1.82, 2.24) is 9.97 Å². The molecular weight excluding hydrogens is 203 g/mol. The molecule has 1 rings (SSSR count). The maximum atomic E-state index is 8.84. The van der Waals surface area contributed by atoms with Gasteiger partial charge in [-0.3, -0.25) is 9.97 Å². The number of hydrogen-bond donors (Lipinski definition) is 2. The highest BCUT2D eigenvalue weighted by Crippen LogP contribution is 2.05. The van der Waals surface area contributed by atoms with Crippen molar-refractivity contribution >= 4 is 12.7 Å². The summed E-state index contributed by atoms with van der Waals surface area (Å²) in [5, 5.41) is 17.7. The van der Waals surface area contributed by atoms with Gasteiger partial charge in [-0.2, -0.15) is 0 Å². The Kier molecular flexibility index (Phi) is 6.04. The third-order valence-corrected chi connectivity index (χ3v) is 2.53. The van der Waals surface area contributed by atoms with Crippen LogP contribution in [-0.2, 0) is 6.42 Å². The molecule has 0 radical (unpaired) electrons. The van der Waals surface area contributed by atoms with Gasteiger partial charge in [-0.1, -0.05) is 32.6 Å². The number of aryl methyl sites for hydroxylation is 1. The van der Waals surface area contributed by atoms with E-state index in [1.165, 1.54) is 31.9 Å². The molecule has 0 unspecified atom stereocenters. The minimum atomic E-state index is -1.52. The van der Waals surface area contributed by atoms with Gasteiger partial charge in [0.15, 0.2) is 0 Å². The monoisotopic (exact) mass is 222 g/mol. The second-order valence-electron chi connectivity index (χ2n) is 3.97. The van der Waals surface area contributed by atoms with Crippen LogP contribution in [0.25, 0.3) is 0 Å². The van der Waals surface area contributed by atoms with Crippen molar-refractivity contribution in [1.29, 1.82) is 0 Å². The van der Waals surface area contributed by atoms with Gasteiger partial charge >= 0.3 is 7.12 Å². The Hall–Kier alpha value is -0.935. The summed E-state index contributed by atoms with van der Waals surface area (Å²) in [6.45, 7) is 2.20. The summed E-state index contributed by atoms with van der Waals surface area (Å²) in [5.41, 5.74) is 1.12. The smallest absolute Gasteiger partial charge is 0.422 e. The van der Waals surface area contributed by atoms with E-state index in [1.807, 2.05) is 0 Å². The van der Waals surface area contributed by atoms with E-state index in [1.54, 1.807) is 6.20 Å². The first-order chi connectivity index (χ1) is 7.74. The summed E-state index contributed by atoms with van der Waals surface area (Å²) in [6.07, 6.45) is 10.1. The standard InChI is InChI=1S/C11H19BN2O2/c1-2-3-4-5-6-7-10-8-14-11(9-13-10)12(15)16/h8-9,15-16H,2-7H2,1H3. The second kappa shape index (κ2) is 7.36. The summed E-state index contributed by atoms with van der Waals surface area (Å²) in [6, 6.07) is 0. The number of unbranched alkanes of at least 4 members (excludes halogenated alkanes) is 4. The average Bonchev–Trinajstić information content (AvgIpc) is 2.29. The van der Waals surface area contributed by atoms with Crippen LogP contribution in [0, 0.1) is 0 Å². The first-order valence-electron chi connectivity index (χ1n) is 5.91. The van der Waals surface area contributed by atoms with Gasteiger partial charge in [0, 0.05) is 12.4 Å². The van der Waals surface area contributed by atoms with Crippen molar-refractivity contribution in [3.63, 3.8) is 0 Å². The Balaban J connectivity index is 2.27. The second-order valence-corrected chi connectivity index (χ2v) is 3.97. The molecule has 16 heavy (non-hydrogen) atoms. The molecule has 0 atom stereocenters. The predicted octanol–water partition coefficient (Wildman–Crippen LogP) is 0.669. The molecule has 0 aliphatic rings. The molecular formula is C11H19BN2O2. The Morgan fingerprint density at radius 2 is 1.81 bits per heavy atom. The van der Waals surface area contributed by atoms with Gasteiger partial charge in [-0.15, -0.1) is 0 Å². The van der Waals surface area contributed by atoms with Crippen LogP contribution in [-0.4, -0.2) is 27.1 Å². The van der Waals surface area contributed by atoms with Gasteiger partial charge in [-0.25, -0.2) is 0 Å². The Morgan fingerprint density at radius 3 is 2.38 bits per heavy atom. The third kappa shape index (κ3) is 4.72. The Morgan fingerprint density at radius 1 is 1.06 bits per heavy atom. The molecule has 0 amide bonds. The van der Waals surface area contributed by atoms with E-state index in [-0.39, 0.29) is 5.59 Å². The van der Waals surface area contributed by atoms with E-state index in [2.05, 4.69) is 16.9 Å². The molecule has 0 spiro atoms. The van der Waals surface area contributed by atoms with E-state index >= 15 is 0 Å². The number of rotatable bonds is 7. The highest BCUT2D eigenvalue weighted by molar-refractivity contribution is 6.57. The number of aromatic nitrogens is 2. The number of hydrogen-bond acceptors (Lipinski definition) is 4. The van der Waals surface area contributed by atoms with Gasteiger partial charge < -0.3 is 10.0 Å². The van der Waals surface area contributed by atoms with Crippen molar-refractivity contribution in [2.24, 2.45) is 0 Å². The van der Waals surface area contributed by atoms with Gasteiger partial charge in [0.25, 0.3) is 0 Å². The molecule has 0 bridgehead atoms. The lowest BCUT2D eigenvalue weighted by molar-refractivity contribution is 0.424. The van der Waals surface area contributed by atoms with Crippen molar-refractivity contribution in [2.75, 3.05) is 0 Å². The molecule has 1 aromatic rings. The minimum Gasteiger partial charge on any atom is -0.422 e. The van der Waals surface area contributed by atoms with Crippen LogP contribution in [0.15, 0.2) is 12.4 Å². The van der Waals surface area contributed by atoms with E-state index < -0.39 is 7.12 Å². The highest BCUT2D eigenvalue weighted by atomic mass is 16.4. The third-order valence-electron chi connectivity index (χ3n) is 2.53. The van der Waals surface area contributed by atoms with Gasteiger partial charge in [0.2, 0.25) is 0 Å². The lowest BCUT2D eigenvalue weighted by Gasteiger charge is -2.02. The van der Waals surface area contributed by atoms with Crippen LogP contribution in [0.1, 0.15) is 44.7 Å². The van der Waals surface area contributed by atoms with Crippen molar-refractivity contribution < 1.29 is 10.0 Å². The predicted molar refractivity (Wildman–Crippen MR) is 64.3 cm³/mol. The molecule has 1 heterocycles. The first kappa shape index (κ1) is 13.1. The molecule has 2 N–H and O–H groups in total. The lowest BCUT2D eigenvalue weighted by atomic mass is 9.87. The van der Waals surface area contributed by atoms with Crippen molar-refractivity contribution in [3.05, 3.63) is 18.1 Å². The minimum absolute atomic E-state index is 0.203. The van der Waals surface area contributed by atoms with Gasteiger partial charge in [0.05, 0.1) is 11.3 Å². The molecule has 0 aromatic carbocycles. The zero-order valence-electron chi connectivity index (χ0n) is 9.76. The van der Waals surface area contributed by atoms with E-state index in [9.17, 15) is 0 Å². The summed E-state index contributed by atoms with van der Waals surface area (Å²) in [5.74, 6) is 0. The van der Waals surface area contributed by atoms with Crippen LogP contribution in [0.2, 0.25) is 0 Å². The SMILES string of the molecule is CCCCCCCc1cnc(B(O)O)cn1. The maximum Gasteiger partial charge on any atom is 0.509 e. The molecule has 0 fully saturated rings. The molecule has 1 aromatic heterocycles. The quantitative estimate of drug-likeness (QED) is 0.525. The zero-order valence-corrected chi connectivity index (χ0v) is 9.76. The van der Waals surface area contributed by atoms with Crippen LogP contribution in [0.3, 0.4) is 0 Å². The van der Waals surface area contributed by atoms with Crippen LogP contribution in [0.5, 0.6) is 0 Å². The molecule has 0 saturated carbocycles.